The van der Waals surface area contributed by atoms with Crippen LogP contribution in [-0.2, 0) is 9.59 Å². The molecule has 0 aromatic rings. The highest BCUT2D eigenvalue weighted by Gasteiger charge is 2.42. The number of amides is 4. The van der Waals surface area contributed by atoms with E-state index in [2.05, 4.69) is 6.58 Å². The molecule has 6 nitrogen and oxygen atoms in total. The maximum Gasteiger partial charge on any atom is 0.326 e. The third-order valence-corrected chi connectivity index (χ3v) is 3.23. The van der Waals surface area contributed by atoms with E-state index in [0.717, 1.165) is 10.5 Å². The smallest absolute Gasteiger partial charge is 0.326 e. The van der Waals surface area contributed by atoms with Crippen molar-refractivity contribution in [3.8, 4) is 0 Å². The summed E-state index contributed by atoms with van der Waals surface area (Å²) in [5, 5.41) is 0. The van der Waals surface area contributed by atoms with Gasteiger partial charge in [-0.1, -0.05) is 12.2 Å². The van der Waals surface area contributed by atoms with Crippen molar-refractivity contribution < 1.29 is 14.4 Å². The fourth-order valence-electron chi connectivity index (χ4n) is 2.07. The highest BCUT2D eigenvalue weighted by molar-refractivity contribution is 6.05. The molecule has 4 amide bonds. The Morgan fingerprint density at radius 2 is 1.95 bits per heavy atom. The molecule has 1 atom stereocenters. The zero-order valence-corrected chi connectivity index (χ0v) is 12.0. The molecule has 0 unspecified atom stereocenters. The van der Waals surface area contributed by atoms with Crippen molar-refractivity contribution in [2.24, 2.45) is 0 Å². The van der Waals surface area contributed by atoms with Crippen LogP contribution < -0.4 is 0 Å². The molecule has 1 rings (SSSR count). The van der Waals surface area contributed by atoms with Crippen LogP contribution in [0.2, 0.25) is 0 Å². The van der Waals surface area contributed by atoms with Crippen LogP contribution in [0.15, 0.2) is 12.2 Å². The van der Waals surface area contributed by atoms with E-state index in [0.29, 0.717) is 13.1 Å². The lowest BCUT2D eigenvalue weighted by molar-refractivity contribution is -0.136. The number of carbonyl (C=O) groups excluding carboxylic acids is 3. The van der Waals surface area contributed by atoms with E-state index in [4.69, 9.17) is 0 Å². The van der Waals surface area contributed by atoms with E-state index in [9.17, 15) is 14.4 Å². The van der Waals surface area contributed by atoms with Gasteiger partial charge in [0.25, 0.3) is 5.91 Å². The average molecular weight is 267 g/mol. The number of rotatable bonds is 5. The summed E-state index contributed by atoms with van der Waals surface area (Å²) in [6, 6.07) is -1.06. The molecule has 0 aromatic carbocycles. The highest BCUT2D eigenvalue weighted by Crippen LogP contribution is 2.17. The maximum atomic E-state index is 12.1. The summed E-state index contributed by atoms with van der Waals surface area (Å²) >= 11 is 0. The van der Waals surface area contributed by atoms with Crippen LogP contribution in [0.3, 0.4) is 0 Å². The molecule has 19 heavy (non-hydrogen) atoms. The van der Waals surface area contributed by atoms with Crippen molar-refractivity contribution in [2.45, 2.75) is 26.3 Å². The van der Waals surface area contributed by atoms with E-state index in [1.54, 1.807) is 4.90 Å². The minimum atomic E-state index is -0.691. The predicted octanol–water partition coefficient (Wildman–Crippen LogP) is 0.694. The molecule has 0 saturated carbocycles. The van der Waals surface area contributed by atoms with Gasteiger partial charge >= 0.3 is 6.03 Å². The number of urea groups is 1. The van der Waals surface area contributed by atoms with Crippen LogP contribution in [0.25, 0.3) is 0 Å². The normalized spacial score (nSPS) is 19.1. The molecule has 106 valence electrons. The molecule has 0 aromatic heterocycles. The largest absolute Gasteiger partial charge is 0.339 e. The molecule has 0 spiro atoms. The summed E-state index contributed by atoms with van der Waals surface area (Å²) in [6.07, 6.45) is 0.0204. The quantitative estimate of drug-likeness (QED) is 0.544. The maximum absolute atomic E-state index is 12.1. The lowest BCUT2D eigenvalue weighted by Crippen LogP contribution is -2.40. The van der Waals surface area contributed by atoms with Crippen LogP contribution in [-0.4, -0.2) is 65.8 Å². The van der Waals surface area contributed by atoms with Gasteiger partial charge in [0, 0.05) is 27.2 Å². The van der Waals surface area contributed by atoms with E-state index < -0.39 is 6.04 Å². The molecule has 0 radical (unpaired) electrons. The Labute approximate surface area is 113 Å². The van der Waals surface area contributed by atoms with Gasteiger partial charge in [0.05, 0.1) is 6.42 Å². The van der Waals surface area contributed by atoms with Gasteiger partial charge in [-0.3, -0.25) is 14.5 Å². The minimum absolute atomic E-state index is 0.0204. The molecule has 1 saturated heterocycles. The number of likely N-dealkylation sites (N-methyl/N-ethyl adjacent to an activating group) is 3. The molecule has 0 aliphatic carbocycles. The average Bonchev–Trinajstić information content (AvgIpc) is 2.53. The van der Waals surface area contributed by atoms with Crippen molar-refractivity contribution >= 4 is 17.8 Å². The highest BCUT2D eigenvalue weighted by atomic mass is 16.2. The number of carbonyl (C=O) groups is 3. The molecular weight excluding hydrogens is 246 g/mol. The Bertz CT molecular complexity index is 419. The second-order valence-corrected chi connectivity index (χ2v) is 4.88. The second-order valence-electron chi connectivity index (χ2n) is 4.88. The Morgan fingerprint density at radius 1 is 1.37 bits per heavy atom. The zero-order chi connectivity index (χ0) is 14.7. The van der Waals surface area contributed by atoms with Gasteiger partial charge in [-0.25, -0.2) is 4.79 Å². The van der Waals surface area contributed by atoms with E-state index in [-0.39, 0.29) is 24.3 Å². The molecule has 1 fully saturated rings. The summed E-state index contributed by atoms with van der Waals surface area (Å²) in [6.45, 7) is 8.53. The Morgan fingerprint density at radius 3 is 2.32 bits per heavy atom. The van der Waals surface area contributed by atoms with E-state index in [1.807, 2.05) is 13.8 Å². The summed E-state index contributed by atoms with van der Waals surface area (Å²) < 4.78 is 0. The van der Waals surface area contributed by atoms with Crippen LogP contribution in [0, 0.1) is 0 Å². The van der Waals surface area contributed by atoms with Crippen LogP contribution in [0.1, 0.15) is 20.3 Å². The summed E-state index contributed by atoms with van der Waals surface area (Å²) in [5.74, 6) is -0.467. The zero-order valence-electron chi connectivity index (χ0n) is 12.0. The van der Waals surface area contributed by atoms with Gasteiger partial charge in [0.1, 0.15) is 6.04 Å². The van der Waals surface area contributed by atoms with Gasteiger partial charge in [-0.05, 0) is 13.8 Å². The fraction of sp³-hybridized carbons (Fsp3) is 0.615. The number of imide groups is 1. The Balaban J connectivity index is 2.73. The fourth-order valence-corrected chi connectivity index (χ4v) is 2.07. The van der Waals surface area contributed by atoms with Crippen LogP contribution in [0.5, 0.6) is 0 Å². The van der Waals surface area contributed by atoms with Gasteiger partial charge in [-0.2, -0.15) is 0 Å². The van der Waals surface area contributed by atoms with Crippen molar-refractivity contribution in [3.05, 3.63) is 12.2 Å². The van der Waals surface area contributed by atoms with Crippen molar-refractivity contribution in [1.29, 1.82) is 0 Å². The number of hydrogen-bond donors (Lipinski definition) is 0. The Hall–Kier alpha value is -1.85. The monoisotopic (exact) mass is 267 g/mol. The summed E-state index contributed by atoms with van der Waals surface area (Å²) in [4.78, 5) is 39.6. The molecule has 0 bridgehead atoms. The topological polar surface area (TPSA) is 60.9 Å². The third kappa shape index (κ3) is 3.13. The third-order valence-electron chi connectivity index (χ3n) is 3.23. The molecular formula is C13H21N3O3. The summed E-state index contributed by atoms with van der Waals surface area (Å²) in [5.41, 5.74) is 0.884. The lowest BCUT2D eigenvalue weighted by Gasteiger charge is -2.23. The van der Waals surface area contributed by atoms with Gasteiger partial charge < -0.3 is 9.80 Å². The standard InChI is InChI=1S/C13H21N3O3/c1-6-16(8-9(2)3)11(17)7-10-12(18)15(5)13(19)14(10)4/h10H,2,6-8H2,1,3-5H3/t10-/m1/s1. The van der Waals surface area contributed by atoms with E-state index in [1.165, 1.54) is 19.0 Å². The number of nitrogens with zero attached hydrogens (tertiary/aromatic N) is 3. The van der Waals surface area contributed by atoms with Gasteiger partial charge in [0.15, 0.2) is 0 Å². The second kappa shape index (κ2) is 5.86. The van der Waals surface area contributed by atoms with Gasteiger partial charge in [0.2, 0.25) is 5.91 Å². The van der Waals surface area contributed by atoms with Gasteiger partial charge in [-0.15, -0.1) is 0 Å². The first kappa shape index (κ1) is 15.2. The molecule has 0 N–H and O–H groups in total. The first-order chi connectivity index (χ1) is 8.79. The van der Waals surface area contributed by atoms with E-state index >= 15 is 0 Å². The molecule has 1 aliphatic rings. The minimum Gasteiger partial charge on any atom is -0.339 e. The first-order valence-electron chi connectivity index (χ1n) is 6.26. The Kier molecular flexibility index (Phi) is 4.69. The van der Waals surface area contributed by atoms with Crippen molar-refractivity contribution in [1.82, 2.24) is 14.7 Å². The van der Waals surface area contributed by atoms with Crippen molar-refractivity contribution in [2.75, 3.05) is 27.2 Å². The van der Waals surface area contributed by atoms with Crippen LogP contribution in [0.4, 0.5) is 4.79 Å². The SMILES string of the molecule is C=C(C)CN(CC)C(=O)C[C@@H]1C(=O)N(C)C(=O)N1C. The predicted molar refractivity (Wildman–Crippen MR) is 71.4 cm³/mol. The molecule has 6 heteroatoms. The molecule has 1 heterocycles. The number of hydrogen-bond acceptors (Lipinski definition) is 3. The van der Waals surface area contributed by atoms with Crippen LogP contribution >= 0.6 is 0 Å². The first-order valence-corrected chi connectivity index (χ1v) is 6.26. The summed E-state index contributed by atoms with van der Waals surface area (Å²) in [7, 11) is 2.97. The molecule has 1 aliphatic heterocycles. The van der Waals surface area contributed by atoms with Crippen molar-refractivity contribution in [3.63, 3.8) is 0 Å². The lowest BCUT2D eigenvalue weighted by atomic mass is 10.1.